The molecule has 1 aromatic heterocycles. The molecular formula is C27H32N2O2. The summed E-state index contributed by atoms with van der Waals surface area (Å²) in [6, 6.07) is 14.6. The standard InChI is InChI=1S/C27H32N2O2/c1-6-31-25(30)14-10-19-9-13-23-21(15-19)26(20-11-7-18(2)8-12-20)22(17-28)24(29-23)16-27(3,4)5/h7-15H,6,16-17,28H2,1-5H3. The fourth-order valence-electron chi connectivity index (χ4n) is 3.75. The van der Waals surface area contributed by atoms with Crippen LogP contribution in [0.2, 0.25) is 0 Å². The second-order valence-electron chi connectivity index (χ2n) is 9.08. The van der Waals surface area contributed by atoms with Crippen molar-refractivity contribution in [3.8, 4) is 11.1 Å². The maximum Gasteiger partial charge on any atom is 0.330 e. The number of fused-ring (bicyclic) bond motifs is 1. The maximum atomic E-state index is 11.7. The van der Waals surface area contributed by atoms with Gasteiger partial charge < -0.3 is 10.5 Å². The number of carbonyl (C=O) groups is 1. The van der Waals surface area contributed by atoms with Crippen molar-refractivity contribution in [1.29, 1.82) is 0 Å². The average molecular weight is 417 g/mol. The molecule has 4 nitrogen and oxygen atoms in total. The normalized spacial score (nSPS) is 11.9. The van der Waals surface area contributed by atoms with E-state index in [2.05, 4.69) is 58.0 Å². The second-order valence-corrected chi connectivity index (χ2v) is 9.08. The summed E-state index contributed by atoms with van der Waals surface area (Å²) in [6.45, 7) is 11.3. The minimum Gasteiger partial charge on any atom is -0.463 e. The monoisotopic (exact) mass is 416 g/mol. The first-order chi connectivity index (χ1) is 14.7. The Morgan fingerprint density at radius 2 is 1.84 bits per heavy atom. The van der Waals surface area contributed by atoms with Crippen LogP contribution in [0.1, 0.15) is 50.1 Å². The number of benzene rings is 2. The molecule has 0 amide bonds. The lowest BCUT2D eigenvalue weighted by Gasteiger charge is -2.23. The first-order valence-electron chi connectivity index (χ1n) is 10.8. The van der Waals surface area contributed by atoms with Gasteiger partial charge in [0, 0.05) is 23.7 Å². The summed E-state index contributed by atoms with van der Waals surface area (Å²) in [4.78, 5) is 16.7. The van der Waals surface area contributed by atoms with Crippen LogP contribution in [0.3, 0.4) is 0 Å². The molecule has 0 saturated heterocycles. The highest BCUT2D eigenvalue weighted by Crippen LogP contribution is 2.36. The lowest BCUT2D eigenvalue weighted by molar-refractivity contribution is -0.137. The van der Waals surface area contributed by atoms with Gasteiger partial charge in [0.15, 0.2) is 0 Å². The van der Waals surface area contributed by atoms with Crippen molar-refractivity contribution >= 4 is 22.9 Å². The van der Waals surface area contributed by atoms with Crippen LogP contribution in [0.5, 0.6) is 0 Å². The summed E-state index contributed by atoms with van der Waals surface area (Å²) >= 11 is 0. The summed E-state index contributed by atoms with van der Waals surface area (Å²) in [6.07, 6.45) is 4.09. The predicted octanol–water partition coefficient (Wildman–Crippen LogP) is 5.83. The van der Waals surface area contributed by atoms with Gasteiger partial charge in [0.25, 0.3) is 0 Å². The van der Waals surface area contributed by atoms with Gasteiger partial charge in [-0.3, -0.25) is 4.98 Å². The third-order valence-electron chi connectivity index (χ3n) is 5.14. The van der Waals surface area contributed by atoms with Gasteiger partial charge in [0.1, 0.15) is 0 Å². The Hall–Kier alpha value is -2.98. The summed E-state index contributed by atoms with van der Waals surface area (Å²) in [7, 11) is 0. The summed E-state index contributed by atoms with van der Waals surface area (Å²) < 4.78 is 5.00. The van der Waals surface area contributed by atoms with E-state index in [0.717, 1.165) is 45.3 Å². The molecule has 0 unspecified atom stereocenters. The van der Waals surface area contributed by atoms with Gasteiger partial charge >= 0.3 is 5.97 Å². The van der Waals surface area contributed by atoms with Gasteiger partial charge in [-0.15, -0.1) is 0 Å². The van der Waals surface area contributed by atoms with Crippen LogP contribution in [-0.2, 0) is 22.5 Å². The number of ether oxygens (including phenoxy) is 1. The molecule has 0 aliphatic heterocycles. The molecule has 0 radical (unpaired) electrons. The minimum absolute atomic E-state index is 0.0947. The lowest BCUT2D eigenvalue weighted by atomic mass is 9.85. The Balaban J connectivity index is 2.24. The van der Waals surface area contributed by atoms with Crippen molar-refractivity contribution < 1.29 is 9.53 Å². The molecule has 162 valence electrons. The van der Waals surface area contributed by atoms with E-state index >= 15 is 0 Å². The first kappa shape index (κ1) is 22.7. The fourth-order valence-corrected chi connectivity index (χ4v) is 3.75. The van der Waals surface area contributed by atoms with E-state index in [1.165, 1.54) is 11.6 Å². The van der Waals surface area contributed by atoms with Crippen LogP contribution < -0.4 is 5.73 Å². The number of esters is 1. The molecule has 2 aromatic carbocycles. The van der Waals surface area contributed by atoms with Crippen molar-refractivity contribution in [3.63, 3.8) is 0 Å². The molecule has 4 heteroatoms. The van der Waals surface area contributed by atoms with E-state index in [9.17, 15) is 4.79 Å². The highest BCUT2D eigenvalue weighted by atomic mass is 16.5. The molecular weight excluding hydrogens is 384 g/mol. The molecule has 31 heavy (non-hydrogen) atoms. The molecule has 0 aliphatic rings. The van der Waals surface area contributed by atoms with Crippen LogP contribution in [0.4, 0.5) is 0 Å². The molecule has 1 heterocycles. The topological polar surface area (TPSA) is 65.2 Å². The van der Waals surface area contributed by atoms with Crippen LogP contribution in [0.25, 0.3) is 28.1 Å². The Kier molecular flexibility index (Phi) is 6.91. The lowest BCUT2D eigenvalue weighted by Crippen LogP contribution is -2.15. The maximum absolute atomic E-state index is 11.7. The van der Waals surface area contributed by atoms with Gasteiger partial charge in [-0.1, -0.05) is 56.7 Å². The number of aryl methyl sites for hydroxylation is 1. The van der Waals surface area contributed by atoms with Crippen molar-refractivity contribution in [2.75, 3.05) is 6.61 Å². The molecule has 0 atom stereocenters. The quantitative estimate of drug-likeness (QED) is 0.405. The van der Waals surface area contributed by atoms with Crippen LogP contribution in [0.15, 0.2) is 48.5 Å². The number of hydrogen-bond donors (Lipinski definition) is 1. The summed E-state index contributed by atoms with van der Waals surface area (Å²) in [5.41, 5.74) is 13.8. The second kappa shape index (κ2) is 9.44. The van der Waals surface area contributed by atoms with Gasteiger partial charge in [-0.2, -0.15) is 0 Å². The first-order valence-corrected chi connectivity index (χ1v) is 10.8. The van der Waals surface area contributed by atoms with Crippen LogP contribution >= 0.6 is 0 Å². The van der Waals surface area contributed by atoms with Gasteiger partial charge in [-0.25, -0.2) is 4.79 Å². The van der Waals surface area contributed by atoms with Crippen molar-refractivity contribution in [3.05, 3.63) is 70.9 Å². The Labute approximate surface area is 185 Å². The van der Waals surface area contributed by atoms with Gasteiger partial charge in [0.05, 0.1) is 12.1 Å². The van der Waals surface area contributed by atoms with Crippen molar-refractivity contribution in [2.45, 2.75) is 47.6 Å². The third kappa shape index (κ3) is 5.59. The highest BCUT2D eigenvalue weighted by Gasteiger charge is 2.20. The van der Waals surface area contributed by atoms with Crippen molar-refractivity contribution in [2.24, 2.45) is 11.1 Å². The molecule has 3 rings (SSSR count). The van der Waals surface area contributed by atoms with E-state index < -0.39 is 0 Å². The molecule has 0 aliphatic carbocycles. The zero-order chi connectivity index (χ0) is 22.6. The SMILES string of the molecule is CCOC(=O)C=Cc1ccc2nc(CC(C)(C)C)c(CN)c(-c3ccc(C)cc3)c2c1. The molecule has 0 fully saturated rings. The predicted molar refractivity (Wildman–Crippen MR) is 129 cm³/mol. The smallest absolute Gasteiger partial charge is 0.330 e. The number of hydrogen-bond acceptors (Lipinski definition) is 4. The van der Waals surface area contributed by atoms with Crippen molar-refractivity contribution in [1.82, 2.24) is 4.98 Å². The van der Waals surface area contributed by atoms with Crippen LogP contribution in [0, 0.1) is 12.3 Å². The number of carbonyl (C=O) groups excluding carboxylic acids is 1. The Bertz CT molecular complexity index is 1110. The van der Waals surface area contributed by atoms with E-state index in [0.29, 0.717) is 13.2 Å². The zero-order valence-electron chi connectivity index (χ0n) is 19.2. The van der Waals surface area contributed by atoms with E-state index in [-0.39, 0.29) is 11.4 Å². The van der Waals surface area contributed by atoms with Gasteiger partial charge in [0.2, 0.25) is 0 Å². The number of nitrogens with two attached hydrogens (primary N) is 1. The molecule has 0 spiro atoms. The largest absolute Gasteiger partial charge is 0.463 e. The van der Waals surface area contributed by atoms with E-state index in [1.807, 2.05) is 12.1 Å². The van der Waals surface area contributed by atoms with E-state index in [1.54, 1.807) is 13.0 Å². The Morgan fingerprint density at radius 1 is 1.13 bits per heavy atom. The number of nitrogens with zero attached hydrogens (tertiary/aromatic N) is 1. The number of rotatable bonds is 6. The molecule has 0 bridgehead atoms. The minimum atomic E-state index is -0.345. The highest BCUT2D eigenvalue weighted by molar-refractivity contribution is 5.98. The Morgan fingerprint density at radius 3 is 2.45 bits per heavy atom. The zero-order valence-corrected chi connectivity index (χ0v) is 19.2. The molecule has 3 aromatic rings. The van der Waals surface area contributed by atoms with Gasteiger partial charge in [-0.05, 0) is 66.1 Å². The average Bonchev–Trinajstić information content (AvgIpc) is 2.71. The number of pyridine rings is 1. The molecule has 2 N–H and O–H groups in total. The fraction of sp³-hybridized carbons (Fsp3) is 0.333. The number of aromatic nitrogens is 1. The van der Waals surface area contributed by atoms with E-state index in [4.69, 9.17) is 15.5 Å². The summed E-state index contributed by atoms with van der Waals surface area (Å²) in [5, 5.41) is 1.04. The molecule has 0 saturated carbocycles. The summed E-state index contributed by atoms with van der Waals surface area (Å²) in [5.74, 6) is -0.345. The van der Waals surface area contributed by atoms with Crippen LogP contribution in [-0.4, -0.2) is 17.6 Å². The third-order valence-corrected chi connectivity index (χ3v) is 5.14.